The van der Waals surface area contributed by atoms with Crippen molar-refractivity contribution in [3.8, 4) is 0 Å². The van der Waals surface area contributed by atoms with Gasteiger partial charge in [-0.15, -0.1) is 0 Å². The standard InChI is InChI=1S/C26H42N4O2/c1-28-15-17-30(18-16-28)23-10-12-26(13-11-24(23)31,22-8-4-3-5-9-22)20-27-25(32)21-7-6-14-29(2)19-21/h3-5,8-9,21,23-24,31H,6-7,10-20H2,1-2H3,(H,27,32)/t21-,23+,24+,26+/m1/s1. The Labute approximate surface area is 193 Å². The normalized spacial score (nSPS) is 33.5. The predicted molar refractivity (Wildman–Crippen MR) is 129 cm³/mol. The minimum Gasteiger partial charge on any atom is -0.391 e. The van der Waals surface area contributed by atoms with Crippen LogP contribution in [0.4, 0.5) is 0 Å². The van der Waals surface area contributed by atoms with Crippen LogP contribution in [0.15, 0.2) is 30.3 Å². The van der Waals surface area contributed by atoms with E-state index in [9.17, 15) is 9.90 Å². The molecule has 6 heteroatoms. The summed E-state index contributed by atoms with van der Waals surface area (Å²) in [5.41, 5.74) is 1.19. The number of carbonyl (C=O) groups excluding carboxylic acids is 1. The highest BCUT2D eigenvalue weighted by Gasteiger charge is 2.40. The summed E-state index contributed by atoms with van der Waals surface area (Å²) < 4.78 is 0. The van der Waals surface area contributed by atoms with Crippen LogP contribution in [0, 0.1) is 5.92 Å². The molecule has 1 amide bonds. The van der Waals surface area contributed by atoms with E-state index >= 15 is 0 Å². The first-order chi connectivity index (χ1) is 15.5. The van der Waals surface area contributed by atoms with Crippen LogP contribution in [0.1, 0.15) is 44.1 Å². The number of aliphatic hydroxyl groups excluding tert-OH is 1. The number of nitrogens with one attached hydrogen (secondary N) is 1. The van der Waals surface area contributed by atoms with Crippen molar-refractivity contribution in [2.24, 2.45) is 5.92 Å². The minimum absolute atomic E-state index is 0.0935. The maximum atomic E-state index is 13.1. The Balaban J connectivity index is 1.47. The van der Waals surface area contributed by atoms with Gasteiger partial charge in [-0.3, -0.25) is 9.69 Å². The maximum absolute atomic E-state index is 13.1. The van der Waals surface area contributed by atoms with E-state index < -0.39 is 0 Å². The van der Waals surface area contributed by atoms with E-state index in [4.69, 9.17) is 0 Å². The van der Waals surface area contributed by atoms with Gasteiger partial charge in [0.25, 0.3) is 0 Å². The molecule has 1 aliphatic carbocycles. The molecule has 0 bridgehead atoms. The molecule has 2 saturated heterocycles. The Hall–Kier alpha value is -1.47. The summed E-state index contributed by atoms with van der Waals surface area (Å²) in [5, 5.41) is 14.5. The van der Waals surface area contributed by atoms with Gasteiger partial charge in [0.05, 0.1) is 12.0 Å². The van der Waals surface area contributed by atoms with Gasteiger partial charge in [-0.1, -0.05) is 30.3 Å². The number of hydrogen-bond donors (Lipinski definition) is 2. The summed E-state index contributed by atoms with van der Waals surface area (Å²) in [6.07, 6.45) is 5.45. The van der Waals surface area contributed by atoms with Crippen molar-refractivity contribution >= 4 is 5.91 Å². The summed E-state index contributed by atoms with van der Waals surface area (Å²) >= 11 is 0. The topological polar surface area (TPSA) is 59.0 Å². The van der Waals surface area contributed by atoms with Crippen molar-refractivity contribution in [3.05, 3.63) is 35.9 Å². The quantitative estimate of drug-likeness (QED) is 0.683. The zero-order chi connectivity index (χ0) is 22.6. The van der Waals surface area contributed by atoms with Crippen LogP contribution in [0.5, 0.6) is 0 Å². The zero-order valence-corrected chi connectivity index (χ0v) is 20.0. The van der Waals surface area contributed by atoms with Gasteiger partial charge in [-0.25, -0.2) is 0 Å². The number of piperazine rings is 1. The maximum Gasteiger partial charge on any atom is 0.224 e. The summed E-state index contributed by atoms with van der Waals surface area (Å²) in [6, 6.07) is 10.9. The lowest BCUT2D eigenvalue weighted by Crippen LogP contribution is -2.52. The van der Waals surface area contributed by atoms with E-state index in [0.29, 0.717) is 6.54 Å². The Morgan fingerprint density at radius 2 is 1.72 bits per heavy atom. The number of amides is 1. The second-order valence-corrected chi connectivity index (χ2v) is 10.5. The van der Waals surface area contributed by atoms with Crippen molar-refractivity contribution in [1.82, 2.24) is 20.0 Å². The van der Waals surface area contributed by atoms with E-state index in [0.717, 1.165) is 77.8 Å². The monoisotopic (exact) mass is 442 g/mol. The molecule has 4 rings (SSSR count). The fraction of sp³-hybridized carbons (Fsp3) is 0.731. The van der Waals surface area contributed by atoms with E-state index in [2.05, 4.69) is 64.4 Å². The van der Waals surface area contributed by atoms with E-state index in [1.165, 1.54) is 5.56 Å². The highest BCUT2D eigenvalue weighted by Crippen LogP contribution is 2.39. The molecule has 178 valence electrons. The molecule has 1 aromatic carbocycles. The van der Waals surface area contributed by atoms with Gasteiger partial charge in [-0.2, -0.15) is 0 Å². The third-order valence-corrected chi connectivity index (χ3v) is 8.27. The number of aliphatic hydroxyl groups is 1. The van der Waals surface area contributed by atoms with Gasteiger partial charge in [0.1, 0.15) is 0 Å². The van der Waals surface area contributed by atoms with Crippen LogP contribution < -0.4 is 5.32 Å². The molecule has 0 spiro atoms. The second kappa shape index (κ2) is 10.6. The Bertz CT molecular complexity index is 737. The molecule has 3 aliphatic rings. The summed E-state index contributed by atoms with van der Waals surface area (Å²) in [6.45, 7) is 6.80. The fourth-order valence-corrected chi connectivity index (χ4v) is 6.08. The number of likely N-dealkylation sites (tertiary alicyclic amines) is 1. The Morgan fingerprint density at radius 1 is 1.00 bits per heavy atom. The van der Waals surface area contributed by atoms with E-state index in [-0.39, 0.29) is 29.4 Å². The average molecular weight is 443 g/mol. The number of likely N-dealkylation sites (N-methyl/N-ethyl adjacent to an activating group) is 1. The number of nitrogens with zero attached hydrogens (tertiary/aromatic N) is 3. The summed E-state index contributed by atoms with van der Waals surface area (Å²) in [5.74, 6) is 0.295. The lowest BCUT2D eigenvalue weighted by atomic mass is 9.74. The van der Waals surface area contributed by atoms with Gasteiger partial charge < -0.3 is 20.2 Å². The third kappa shape index (κ3) is 5.53. The van der Waals surface area contributed by atoms with Gasteiger partial charge in [0.15, 0.2) is 0 Å². The number of rotatable bonds is 5. The largest absolute Gasteiger partial charge is 0.391 e. The predicted octanol–water partition coefficient (Wildman–Crippen LogP) is 1.93. The number of benzene rings is 1. The highest BCUT2D eigenvalue weighted by molar-refractivity contribution is 5.79. The molecular formula is C26H42N4O2. The first kappa shape index (κ1) is 23.7. The van der Waals surface area contributed by atoms with Crippen molar-refractivity contribution in [2.75, 3.05) is 59.9 Å². The lowest BCUT2D eigenvalue weighted by molar-refractivity contribution is -0.126. The molecule has 0 unspecified atom stereocenters. The molecule has 2 heterocycles. The van der Waals surface area contributed by atoms with Gasteiger partial charge in [0, 0.05) is 50.7 Å². The summed E-state index contributed by atoms with van der Waals surface area (Å²) in [4.78, 5) is 20.2. The smallest absolute Gasteiger partial charge is 0.224 e. The molecule has 6 nitrogen and oxygen atoms in total. The number of piperidine rings is 1. The van der Waals surface area contributed by atoms with Gasteiger partial charge in [0.2, 0.25) is 5.91 Å². The highest BCUT2D eigenvalue weighted by atomic mass is 16.3. The first-order valence-corrected chi connectivity index (χ1v) is 12.6. The van der Waals surface area contributed by atoms with Gasteiger partial charge >= 0.3 is 0 Å². The molecule has 2 N–H and O–H groups in total. The van der Waals surface area contributed by atoms with E-state index in [1.54, 1.807) is 0 Å². The van der Waals surface area contributed by atoms with Crippen LogP contribution in [0.2, 0.25) is 0 Å². The van der Waals surface area contributed by atoms with Crippen LogP contribution in [0.25, 0.3) is 0 Å². The molecule has 1 aromatic rings. The molecule has 0 radical (unpaired) electrons. The van der Waals surface area contributed by atoms with Crippen LogP contribution in [-0.4, -0.2) is 97.8 Å². The molecule has 0 aromatic heterocycles. The fourth-order valence-electron chi connectivity index (χ4n) is 6.08. The molecular weight excluding hydrogens is 400 g/mol. The first-order valence-electron chi connectivity index (χ1n) is 12.6. The number of hydrogen-bond acceptors (Lipinski definition) is 5. The zero-order valence-electron chi connectivity index (χ0n) is 20.0. The van der Waals surface area contributed by atoms with Crippen molar-refractivity contribution < 1.29 is 9.90 Å². The Morgan fingerprint density at radius 3 is 2.44 bits per heavy atom. The lowest BCUT2D eigenvalue weighted by Gasteiger charge is -2.39. The van der Waals surface area contributed by atoms with Crippen LogP contribution >= 0.6 is 0 Å². The van der Waals surface area contributed by atoms with E-state index in [1.807, 2.05) is 0 Å². The Kier molecular flexibility index (Phi) is 7.87. The van der Waals surface area contributed by atoms with Crippen molar-refractivity contribution in [1.29, 1.82) is 0 Å². The molecule has 32 heavy (non-hydrogen) atoms. The molecule has 2 aliphatic heterocycles. The molecule has 1 saturated carbocycles. The second-order valence-electron chi connectivity index (χ2n) is 10.5. The SMILES string of the molecule is CN1CCN([C@H]2CC[C@](CNC(=O)[C@@H]3CCCN(C)C3)(c3ccccc3)CC[C@@H]2O)CC1. The molecule has 4 atom stereocenters. The van der Waals surface area contributed by atoms with Gasteiger partial charge in [-0.05, 0) is 64.7 Å². The summed E-state index contributed by atoms with van der Waals surface area (Å²) in [7, 11) is 4.28. The minimum atomic E-state index is -0.299. The molecule has 3 fully saturated rings. The third-order valence-electron chi connectivity index (χ3n) is 8.27. The van der Waals surface area contributed by atoms with Crippen LogP contribution in [-0.2, 0) is 10.2 Å². The van der Waals surface area contributed by atoms with Crippen molar-refractivity contribution in [3.63, 3.8) is 0 Å². The average Bonchev–Trinajstić information content (AvgIpc) is 2.98. The number of carbonyl (C=O) groups is 1. The van der Waals surface area contributed by atoms with Crippen molar-refractivity contribution in [2.45, 2.75) is 56.1 Å². The van der Waals surface area contributed by atoms with Crippen LogP contribution in [0.3, 0.4) is 0 Å².